The maximum Gasteiger partial charge on any atom is 0.215 e. The molecule has 0 amide bonds. The Hall–Kier alpha value is -1.75. The van der Waals surface area contributed by atoms with Crippen LogP contribution in [0.25, 0.3) is 10.2 Å². The fraction of sp³-hybridized carbons (Fsp3) is 0.182. The average molecular weight is 233 g/mol. The molecule has 16 heavy (non-hydrogen) atoms. The van der Waals surface area contributed by atoms with Crippen molar-refractivity contribution in [2.45, 2.75) is 13.0 Å². The van der Waals surface area contributed by atoms with Gasteiger partial charge in [0.05, 0.1) is 15.5 Å². The molecule has 0 bridgehead atoms. The van der Waals surface area contributed by atoms with Crippen LogP contribution >= 0.6 is 11.3 Å². The Morgan fingerprint density at radius 3 is 3.00 bits per heavy atom. The van der Waals surface area contributed by atoms with Crippen LogP contribution in [0.1, 0.15) is 6.42 Å². The molecule has 0 unspecified atom stereocenters. The Bertz CT molecular complexity index is 582. The summed E-state index contributed by atoms with van der Waals surface area (Å²) >= 11 is 1.47. The Labute approximate surface area is 96.5 Å². The van der Waals surface area contributed by atoms with Crippen molar-refractivity contribution in [3.63, 3.8) is 0 Å². The third-order valence-electron chi connectivity index (χ3n) is 2.27. The van der Waals surface area contributed by atoms with Crippen molar-refractivity contribution in [2.75, 3.05) is 0 Å². The summed E-state index contributed by atoms with van der Waals surface area (Å²) < 4.78 is 3.09. The van der Waals surface area contributed by atoms with Crippen LogP contribution < -0.4 is 4.80 Å². The minimum absolute atomic E-state index is 0.637. The first-order valence-electron chi connectivity index (χ1n) is 4.92. The number of hydrogen-bond acceptors (Lipinski definition) is 3. The standard InChI is InChI=1S/C11H11N3OS/c1-2-3-8-14-9-6-4-5-7-10(9)16-11(14)12-13-15/h2,4-7H,1,3,8H2/b12-11+. The number of para-hydroxylation sites is 1. The van der Waals surface area contributed by atoms with Crippen molar-refractivity contribution in [2.24, 2.45) is 10.4 Å². The molecule has 0 aliphatic rings. The third kappa shape index (κ3) is 1.94. The van der Waals surface area contributed by atoms with E-state index in [9.17, 15) is 4.91 Å². The van der Waals surface area contributed by atoms with Gasteiger partial charge in [0, 0.05) is 6.54 Å². The fourth-order valence-electron chi connectivity index (χ4n) is 1.57. The van der Waals surface area contributed by atoms with E-state index in [1.54, 1.807) is 0 Å². The van der Waals surface area contributed by atoms with Crippen LogP contribution in [0.3, 0.4) is 0 Å². The summed E-state index contributed by atoms with van der Waals surface area (Å²) in [5.74, 6) is 0. The predicted octanol–water partition coefficient (Wildman–Crippen LogP) is 2.86. The molecule has 2 rings (SSSR count). The molecule has 4 nitrogen and oxygen atoms in total. The largest absolute Gasteiger partial charge is 0.315 e. The number of allylic oxidation sites excluding steroid dienone is 1. The van der Waals surface area contributed by atoms with E-state index < -0.39 is 0 Å². The van der Waals surface area contributed by atoms with Gasteiger partial charge in [-0.3, -0.25) is 0 Å². The van der Waals surface area contributed by atoms with E-state index in [1.807, 2.05) is 34.9 Å². The molecule has 0 spiro atoms. The van der Waals surface area contributed by atoms with Crippen LogP contribution in [0.5, 0.6) is 0 Å². The molecule has 0 radical (unpaired) electrons. The lowest BCUT2D eigenvalue weighted by atomic mass is 10.3. The molecular weight excluding hydrogens is 222 g/mol. The second-order valence-electron chi connectivity index (χ2n) is 3.26. The van der Waals surface area contributed by atoms with Crippen molar-refractivity contribution >= 4 is 21.6 Å². The van der Waals surface area contributed by atoms with Gasteiger partial charge in [0.1, 0.15) is 0 Å². The average Bonchev–Trinajstić information content (AvgIpc) is 2.65. The summed E-state index contributed by atoms with van der Waals surface area (Å²) in [7, 11) is 0. The predicted molar refractivity (Wildman–Crippen MR) is 66.0 cm³/mol. The minimum Gasteiger partial charge on any atom is -0.315 e. The number of thiazole rings is 1. The molecule has 1 aromatic carbocycles. The summed E-state index contributed by atoms with van der Waals surface area (Å²) in [5.41, 5.74) is 1.08. The Morgan fingerprint density at radius 1 is 1.44 bits per heavy atom. The second kappa shape index (κ2) is 4.85. The quantitative estimate of drug-likeness (QED) is 0.455. The molecule has 0 saturated heterocycles. The highest BCUT2D eigenvalue weighted by molar-refractivity contribution is 7.16. The Morgan fingerprint density at radius 2 is 2.25 bits per heavy atom. The smallest absolute Gasteiger partial charge is 0.215 e. The van der Waals surface area contributed by atoms with E-state index in [0.29, 0.717) is 4.80 Å². The van der Waals surface area contributed by atoms with E-state index in [0.717, 1.165) is 23.2 Å². The van der Waals surface area contributed by atoms with E-state index in [2.05, 4.69) is 17.0 Å². The van der Waals surface area contributed by atoms with Gasteiger partial charge in [0.2, 0.25) is 4.80 Å². The van der Waals surface area contributed by atoms with Gasteiger partial charge in [0.25, 0.3) is 0 Å². The van der Waals surface area contributed by atoms with Crippen LogP contribution in [0.4, 0.5) is 0 Å². The Kier molecular flexibility index (Phi) is 3.26. The number of aromatic nitrogens is 1. The zero-order valence-corrected chi connectivity index (χ0v) is 9.48. The summed E-state index contributed by atoms with van der Waals surface area (Å²) in [6.45, 7) is 4.46. The van der Waals surface area contributed by atoms with Gasteiger partial charge in [-0.2, -0.15) is 0 Å². The van der Waals surface area contributed by atoms with E-state index in [-0.39, 0.29) is 0 Å². The normalized spacial score (nSPS) is 11.9. The van der Waals surface area contributed by atoms with Crippen molar-refractivity contribution in [3.05, 3.63) is 46.6 Å². The Balaban J connectivity index is 2.64. The molecule has 1 aromatic heterocycles. The molecule has 82 valence electrons. The van der Waals surface area contributed by atoms with E-state index in [4.69, 9.17) is 0 Å². The van der Waals surface area contributed by atoms with Gasteiger partial charge < -0.3 is 4.57 Å². The minimum atomic E-state index is 0.637. The second-order valence-corrected chi connectivity index (χ2v) is 4.27. The first-order chi connectivity index (χ1) is 7.86. The molecule has 5 heteroatoms. The molecular formula is C11H11N3OS. The first-order valence-corrected chi connectivity index (χ1v) is 5.74. The van der Waals surface area contributed by atoms with Gasteiger partial charge in [-0.1, -0.05) is 34.6 Å². The van der Waals surface area contributed by atoms with Crippen LogP contribution in [0.15, 0.2) is 47.3 Å². The zero-order valence-electron chi connectivity index (χ0n) is 8.67. The van der Waals surface area contributed by atoms with Gasteiger partial charge in [-0.25, -0.2) is 0 Å². The van der Waals surface area contributed by atoms with Gasteiger partial charge in [0.15, 0.2) is 0 Å². The van der Waals surface area contributed by atoms with Crippen LogP contribution in [-0.4, -0.2) is 4.57 Å². The molecule has 0 fully saturated rings. The number of rotatable bonds is 4. The van der Waals surface area contributed by atoms with Gasteiger partial charge >= 0.3 is 0 Å². The number of hydrogen-bond donors (Lipinski definition) is 0. The van der Waals surface area contributed by atoms with Gasteiger partial charge in [-0.15, -0.1) is 11.5 Å². The molecule has 0 aliphatic carbocycles. The number of aryl methyl sites for hydroxylation is 1. The highest BCUT2D eigenvalue weighted by atomic mass is 32.1. The first kappa shape index (κ1) is 10.8. The monoisotopic (exact) mass is 233 g/mol. The van der Waals surface area contributed by atoms with Crippen LogP contribution in [-0.2, 0) is 6.54 Å². The van der Waals surface area contributed by atoms with Crippen molar-refractivity contribution < 1.29 is 0 Å². The number of fused-ring (bicyclic) bond motifs is 1. The molecule has 1 heterocycles. The lowest BCUT2D eigenvalue weighted by Gasteiger charge is -2.01. The van der Waals surface area contributed by atoms with Crippen molar-refractivity contribution in [3.8, 4) is 0 Å². The molecule has 0 atom stereocenters. The maximum absolute atomic E-state index is 10.2. The van der Waals surface area contributed by atoms with Crippen molar-refractivity contribution in [1.29, 1.82) is 0 Å². The lowest BCUT2D eigenvalue weighted by molar-refractivity contribution is 0.707. The molecule has 2 aromatic rings. The van der Waals surface area contributed by atoms with Crippen LogP contribution in [0, 0.1) is 4.91 Å². The number of nitroso groups, excluding NO2 is 1. The number of benzene rings is 1. The fourth-order valence-corrected chi connectivity index (χ4v) is 2.57. The summed E-state index contributed by atoms with van der Waals surface area (Å²) in [6, 6.07) is 7.96. The maximum atomic E-state index is 10.2. The zero-order chi connectivity index (χ0) is 11.4. The molecule has 0 N–H and O–H groups in total. The third-order valence-corrected chi connectivity index (χ3v) is 3.32. The topological polar surface area (TPSA) is 46.7 Å². The van der Waals surface area contributed by atoms with E-state index >= 15 is 0 Å². The number of nitrogens with zero attached hydrogens (tertiary/aromatic N) is 3. The van der Waals surface area contributed by atoms with E-state index in [1.165, 1.54) is 11.3 Å². The molecule has 0 aliphatic heterocycles. The summed E-state index contributed by atoms with van der Waals surface area (Å²) in [4.78, 5) is 10.9. The summed E-state index contributed by atoms with van der Waals surface area (Å²) in [5, 5.41) is 6.22. The summed E-state index contributed by atoms with van der Waals surface area (Å²) in [6.07, 6.45) is 2.68. The molecule has 0 saturated carbocycles. The lowest BCUT2D eigenvalue weighted by Crippen LogP contribution is -2.13. The SMILES string of the molecule is C=CCCn1/c(=N\N=O)sc2ccccc21. The van der Waals surface area contributed by atoms with Crippen LogP contribution in [0.2, 0.25) is 0 Å². The highest BCUT2D eigenvalue weighted by Crippen LogP contribution is 2.16. The highest BCUT2D eigenvalue weighted by Gasteiger charge is 2.04. The van der Waals surface area contributed by atoms with Crippen molar-refractivity contribution in [1.82, 2.24) is 4.57 Å². The van der Waals surface area contributed by atoms with Gasteiger partial charge in [-0.05, 0) is 18.6 Å².